The number of fused-ring (bicyclic) bond motifs is 3. The number of hydrogen-bond acceptors (Lipinski definition) is 4. The van der Waals surface area contributed by atoms with Crippen molar-refractivity contribution in [3.05, 3.63) is 53.6 Å². The molecule has 2 aliphatic heterocycles. The zero-order chi connectivity index (χ0) is 18.1. The van der Waals surface area contributed by atoms with Crippen LogP contribution >= 0.6 is 0 Å². The quantitative estimate of drug-likeness (QED) is 0.471. The van der Waals surface area contributed by atoms with Gasteiger partial charge in [-0.1, -0.05) is 36.4 Å². The lowest BCUT2D eigenvalue weighted by Gasteiger charge is -2.39. The van der Waals surface area contributed by atoms with Crippen LogP contribution < -0.4 is 4.90 Å². The number of nitriles is 1. The van der Waals surface area contributed by atoms with Gasteiger partial charge in [0.15, 0.2) is 0 Å². The summed E-state index contributed by atoms with van der Waals surface area (Å²) in [4.78, 5) is 14.7. The molecule has 0 radical (unpaired) electrons. The average molecular weight is 346 g/mol. The van der Waals surface area contributed by atoms with Gasteiger partial charge in [0.25, 0.3) is 0 Å². The van der Waals surface area contributed by atoms with Crippen LogP contribution in [0.2, 0.25) is 0 Å². The molecule has 2 bridgehead atoms. The van der Waals surface area contributed by atoms with Gasteiger partial charge < -0.3 is 9.64 Å². The first-order valence-electron chi connectivity index (χ1n) is 9.31. The molecule has 2 aromatic rings. The predicted octanol–water partition coefficient (Wildman–Crippen LogP) is 4.35. The second kappa shape index (κ2) is 6.84. The minimum Gasteiger partial charge on any atom is -0.462 e. The van der Waals surface area contributed by atoms with E-state index in [9.17, 15) is 10.1 Å². The Labute approximate surface area is 153 Å². The summed E-state index contributed by atoms with van der Waals surface area (Å²) in [6.45, 7) is 2.06. The number of anilines is 1. The van der Waals surface area contributed by atoms with Gasteiger partial charge in [0.2, 0.25) is 0 Å². The predicted molar refractivity (Wildman–Crippen MR) is 102 cm³/mol. The maximum atomic E-state index is 12.3. The largest absolute Gasteiger partial charge is 0.462 e. The minimum atomic E-state index is -0.479. The van der Waals surface area contributed by atoms with Gasteiger partial charge in [-0.15, -0.1) is 0 Å². The Balaban J connectivity index is 1.81. The van der Waals surface area contributed by atoms with E-state index in [2.05, 4.69) is 53.4 Å². The molecule has 26 heavy (non-hydrogen) atoms. The number of esters is 1. The van der Waals surface area contributed by atoms with Crippen molar-refractivity contribution in [1.82, 2.24) is 0 Å². The van der Waals surface area contributed by atoms with Gasteiger partial charge in [-0.3, -0.25) is 0 Å². The van der Waals surface area contributed by atoms with Gasteiger partial charge in [0.05, 0.1) is 12.6 Å². The molecule has 0 amide bonds. The van der Waals surface area contributed by atoms with E-state index in [0.717, 1.165) is 31.3 Å². The Morgan fingerprint density at radius 2 is 2.00 bits per heavy atom. The van der Waals surface area contributed by atoms with E-state index in [1.165, 1.54) is 16.5 Å². The molecule has 2 fully saturated rings. The lowest BCUT2D eigenvalue weighted by Crippen LogP contribution is -2.42. The Kier molecular flexibility index (Phi) is 4.38. The van der Waals surface area contributed by atoms with Gasteiger partial charge >= 0.3 is 5.97 Å². The Morgan fingerprint density at radius 3 is 2.81 bits per heavy atom. The first-order valence-corrected chi connectivity index (χ1v) is 9.31. The molecule has 0 N–H and O–H groups in total. The van der Waals surface area contributed by atoms with Crippen LogP contribution in [-0.2, 0) is 9.53 Å². The van der Waals surface area contributed by atoms with Gasteiger partial charge in [-0.05, 0) is 49.6 Å². The number of benzene rings is 2. The molecule has 0 spiro atoms. The third kappa shape index (κ3) is 2.64. The summed E-state index contributed by atoms with van der Waals surface area (Å²) in [5.74, 6) is -0.479. The van der Waals surface area contributed by atoms with Crippen LogP contribution in [0.15, 0.2) is 53.6 Å². The van der Waals surface area contributed by atoms with E-state index in [-0.39, 0.29) is 18.2 Å². The van der Waals surface area contributed by atoms with Gasteiger partial charge in [0.1, 0.15) is 11.6 Å². The first-order chi connectivity index (χ1) is 12.7. The van der Waals surface area contributed by atoms with E-state index in [1.807, 2.05) is 0 Å². The molecule has 4 nitrogen and oxygen atoms in total. The summed E-state index contributed by atoms with van der Waals surface area (Å²) in [6, 6.07) is 17.5. The summed E-state index contributed by atoms with van der Waals surface area (Å²) in [5, 5.41) is 12.0. The summed E-state index contributed by atoms with van der Waals surface area (Å²) >= 11 is 0. The first kappa shape index (κ1) is 16.7. The van der Waals surface area contributed by atoms with Crippen LogP contribution in [0, 0.1) is 11.3 Å². The average Bonchev–Trinajstić information content (AvgIpc) is 2.97. The fourth-order valence-corrected chi connectivity index (χ4v) is 4.54. The van der Waals surface area contributed by atoms with E-state index in [0.29, 0.717) is 6.04 Å². The number of nitrogens with zero attached hydrogens (tertiary/aromatic N) is 2. The third-order valence-corrected chi connectivity index (χ3v) is 5.61. The summed E-state index contributed by atoms with van der Waals surface area (Å²) < 4.78 is 5.13. The Hall–Kier alpha value is -2.80. The maximum Gasteiger partial charge on any atom is 0.348 e. The van der Waals surface area contributed by atoms with E-state index in [1.54, 1.807) is 6.92 Å². The zero-order valence-electron chi connectivity index (χ0n) is 14.9. The standard InChI is InChI=1S/C22H22N2O2/c1-2-26-22(25)19(14-23)18-12-10-16-11-13-21(18)24(16)20-9-5-7-15-6-3-4-8-17(15)20/h3-9,16,21H,2,10-13H2,1H3. The van der Waals surface area contributed by atoms with E-state index < -0.39 is 5.97 Å². The Morgan fingerprint density at radius 1 is 1.19 bits per heavy atom. The smallest absolute Gasteiger partial charge is 0.348 e. The van der Waals surface area contributed by atoms with Crippen LogP contribution in [0.25, 0.3) is 10.8 Å². The monoisotopic (exact) mass is 346 g/mol. The number of ether oxygens (including phenoxy) is 1. The van der Waals surface area contributed by atoms with E-state index in [4.69, 9.17) is 4.74 Å². The third-order valence-electron chi connectivity index (χ3n) is 5.61. The molecular formula is C22H22N2O2. The molecule has 2 unspecified atom stereocenters. The molecule has 0 saturated carbocycles. The highest BCUT2D eigenvalue weighted by atomic mass is 16.5. The van der Waals surface area contributed by atoms with Crippen LogP contribution in [0.1, 0.15) is 32.6 Å². The molecule has 0 aliphatic carbocycles. The van der Waals surface area contributed by atoms with Crippen molar-refractivity contribution < 1.29 is 9.53 Å². The second-order valence-electron chi connectivity index (χ2n) is 6.92. The van der Waals surface area contributed by atoms with Crippen molar-refractivity contribution >= 4 is 22.4 Å². The van der Waals surface area contributed by atoms with Gasteiger partial charge in [0, 0.05) is 17.1 Å². The topological polar surface area (TPSA) is 53.3 Å². The van der Waals surface area contributed by atoms with Gasteiger partial charge in [-0.2, -0.15) is 5.26 Å². The van der Waals surface area contributed by atoms with E-state index >= 15 is 0 Å². The molecule has 4 rings (SSSR count). The van der Waals surface area contributed by atoms with Crippen molar-refractivity contribution in [2.45, 2.75) is 44.7 Å². The van der Waals surface area contributed by atoms with Crippen LogP contribution in [0.4, 0.5) is 5.69 Å². The normalized spacial score (nSPS) is 23.6. The molecule has 132 valence electrons. The number of rotatable bonds is 3. The van der Waals surface area contributed by atoms with Gasteiger partial charge in [-0.25, -0.2) is 4.79 Å². The van der Waals surface area contributed by atoms with Crippen LogP contribution in [-0.4, -0.2) is 24.7 Å². The summed E-state index contributed by atoms with van der Waals surface area (Å²) in [6.07, 6.45) is 3.85. The molecule has 2 aromatic carbocycles. The van der Waals surface area contributed by atoms with Crippen molar-refractivity contribution in [1.29, 1.82) is 5.26 Å². The lowest BCUT2D eigenvalue weighted by molar-refractivity contribution is -0.138. The van der Waals surface area contributed by atoms with Crippen molar-refractivity contribution in [2.75, 3.05) is 11.5 Å². The molecule has 4 heteroatoms. The fourth-order valence-electron chi connectivity index (χ4n) is 4.54. The molecule has 2 heterocycles. The van der Waals surface area contributed by atoms with Crippen LogP contribution in [0.5, 0.6) is 0 Å². The number of carbonyl (C=O) groups is 1. The maximum absolute atomic E-state index is 12.3. The van der Waals surface area contributed by atoms with Crippen molar-refractivity contribution in [3.63, 3.8) is 0 Å². The molecule has 2 atom stereocenters. The van der Waals surface area contributed by atoms with Crippen LogP contribution in [0.3, 0.4) is 0 Å². The minimum absolute atomic E-state index is 0.110. The number of piperidine rings is 1. The molecule has 0 aromatic heterocycles. The highest BCUT2D eigenvalue weighted by molar-refractivity contribution is 5.96. The molecular weight excluding hydrogens is 324 g/mol. The molecule has 2 aliphatic rings. The fraction of sp³-hybridized carbons (Fsp3) is 0.364. The van der Waals surface area contributed by atoms with Crippen molar-refractivity contribution in [2.24, 2.45) is 0 Å². The zero-order valence-corrected chi connectivity index (χ0v) is 14.9. The second-order valence-corrected chi connectivity index (χ2v) is 6.92. The summed E-state index contributed by atoms with van der Waals surface area (Å²) in [7, 11) is 0. The lowest BCUT2D eigenvalue weighted by atomic mass is 9.91. The SMILES string of the molecule is CCOC(=O)C(C#N)=C1CCC2CCC1N2c1cccc2ccccc12. The Bertz CT molecular complexity index is 920. The summed E-state index contributed by atoms with van der Waals surface area (Å²) in [5.41, 5.74) is 2.36. The van der Waals surface area contributed by atoms with Crippen molar-refractivity contribution in [3.8, 4) is 6.07 Å². The molecule has 2 saturated heterocycles. The highest BCUT2D eigenvalue weighted by Crippen LogP contribution is 2.44. The highest BCUT2D eigenvalue weighted by Gasteiger charge is 2.42. The number of hydrogen-bond donors (Lipinski definition) is 0. The number of carbonyl (C=O) groups excluding carboxylic acids is 1.